The van der Waals surface area contributed by atoms with Gasteiger partial charge in [-0.3, -0.25) is 4.79 Å². The minimum Gasteiger partial charge on any atom is -0.465 e. The van der Waals surface area contributed by atoms with E-state index < -0.39 is 5.97 Å². The molecule has 1 rings (SSSR count). The van der Waals surface area contributed by atoms with E-state index in [9.17, 15) is 9.59 Å². The Balaban J connectivity index is 2.68. The highest BCUT2D eigenvalue weighted by atomic mass is 32.1. The van der Waals surface area contributed by atoms with E-state index in [0.29, 0.717) is 10.6 Å². The quantitative estimate of drug-likeness (QED) is 0.786. The molecular formula is C13H20N2O3S. The standard InChI is InChI=1S/C13H20N2O3S/c1-5-9(3)14-6-10(16)15-11-8(2)7-19-12(11)13(17)18-4/h7,9,14H,5-6H2,1-4H3,(H,15,16). The van der Waals surface area contributed by atoms with Gasteiger partial charge in [0, 0.05) is 6.04 Å². The molecule has 0 aromatic carbocycles. The van der Waals surface area contributed by atoms with Crippen molar-refractivity contribution < 1.29 is 14.3 Å². The summed E-state index contributed by atoms with van der Waals surface area (Å²) in [6, 6.07) is 0.286. The average Bonchev–Trinajstić information content (AvgIpc) is 2.76. The second-order valence-electron chi connectivity index (χ2n) is 4.35. The van der Waals surface area contributed by atoms with Gasteiger partial charge in [0.15, 0.2) is 0 Å². The number of ether oxygens (including phenoxy) is 1. The fourth-order valence-electron chi connectivity index (χ4n) is 1.44. The summed E-state index contributed by atoms with van der Waals surface area (Å²) in [5.74, 6) is -0.588. The SMILES string of the molecule is CCC(C)NCC(=O)Nc1c(C)csc1C(=O)OC. The van der Waals surface area contributed by atoms with Gasteiger partial charge >= 0.3 is 5.97 Å². The van der Waals surface area contributed by atoms with Gasteiger partial charge in [-0.05, 0) is 31.2 Å². The first-order valence-corrected chi connectivity index (χ1v) is 7.07. The average molecular weight is 284 g/mol. The topological polar surface area (TPSA) is 67.4 Å². The molecular weight excluding hydrogens is 264 g/mol. The van der Waals surface area contributed by atoms with Crippen LogP contribution in [0.3, 0.4) is 0 Å². The van der Waals surface area contributed by atoms with E-state index in [1.165, 1.54) is 18.4 Å². The Labute approximate surface area is 117 Å². The zero-order chi connectivity index (χ0) is 14.4. The van der Waals surface area contributed by atoms with E-state index in [-0.39, 0.29) is 18.5 Å². The number of anilines is 1. The molecule has 2 N–H and O–H groups in total. The van der Waals surface area contributed by atoms with Crippen molar-refractivity contribution in [1.29, 1.82) is 0 Å². The van der Waals surface area contributed by atoms with Gasteiger partial charge in [-0.1, -0.05) is 6.92 Å². The van der Waals surface area contributed by atoms with Crippen LogP contribution < -0.4 is 10.6 Å². The molecule has 0 fully saturated rings. The maximum absolute atomic E-state index is 11.8. The summed E-state index contributed by atoms with van der Waals surface area (Å²) < 4.78 is 4.69. The van der Waals surface area contributed by atoms with Crippen molar-refractivity contribution in [2.75, 3.05) is 19.0 Å². The Kier molecular flexibility index (Phi) is 5.98. The van der Waals surface area contributed by atoms with Crippen LogP contribution in [0.2, 0.25) is 0 Å². The summed E-state index contributed by atoms with van der Waals surface area (Å²) in [4.78, 5) is 23.8. The molecule has 0 saturated heterocycles. The van der Waals surface area contributed by atoms with Gasteiger partial charge in [-0.25, -0.2) is 4.79 Å². The first kappa shape index (κ1) is 15.7. The van der Waals surface area contributed by atoms with Crippen molar-refractivity contribution in [3.63, 3.8) is 0 Å². The Morgan fingerprint density at radius 1 is 1.47 bits per heavy atom. The summed E-state index contributed by atoms with van der Waals surface area (Å²) in [7, 11) is 1.33. The number of hydrogen-bond acceptors (Lipinski definition) is 5. The third kappa shape index (κ3) is 4.33. The second-order valence-corrected chi connectivity index (χ2v) is 5.23. The molecule has 0 saturated carbocycles. The van der Waals surface area contributed by atoms with Gasteiger partial charge in [0.1, 0.15) is 4.88 Å². The van der Waals surface area contributed by atoms with Gasteiger partial charge in [0.2, 0.25) is 5.91 Å². The largest absolute Gasteiger partial charge is 0.465 e. The minimum atomic E-state index is -0.428. The Morgan fingerprint density at radius 3 is 2.74 bits per heavy atom. The molecule has 1 atom stereocenters. The molecule has 6 heteroatoms. The zero-order valence-corrected chi connectivity index (χ0v) is 12.5. The van der Waals surface area contributed by atoms with Crippen LogP contribution in [0.15, 0.2) is 5.38 Å². The highest BCUT2D eigenvalue weighted by Crippen LogP contribution is 2.28. The predicted octanol–water partition coefficient (Wildman–Crippen LogP) is 2.17. The fraction of sp³-hybridized carbons (Fsp3) is 0.538. The van der Waals surface area contributed by atoms with E-state index in [4.69, 9.17) is 4.74 Å². The third-order valence-corrected chi connectivity index (χ3v) is 3.91. The smallest absolute Gasteiger partial charge is 0.350 e. The lowest BCUT2D eigenvalue weighted by molar-refractivity contribution is -0.115. The minimum absolute atomic E-state index is 0.160. The molecule has 1 amide bonds. The second kappa shape index (κ2) is 7.25. The van der Waals surface area contributed by atoms with Crippen LogP contribution in [0.4, 0.5) is 5.69 Å². The maximum atomic E-state index is 11.8. The molecule has 0 aliphatic rings. The number of hydrogen-bond donors (Lipinski definition) is 2. The highest BCUT2D eigenvalue weighted by molar-refractivity contribution is 7.12. The molecule has 1 heterocycles. The van der Waals surface area contributed by atoms with Crippen molar-refractivity contribution in [3.8, 4) is 0 Å². The van der Waals surface area contributed by atoms with Crippen molar-refractivity contribution in [1.82, 2.24) is 5.32 Å². The van der Waals surface area contributed by atoms with E-state index in [2.05, 4.69) is 10.6 Å². The summed E-state index contributed by atoms with van der Waals surface area (Å²) >= 11 is 1.27. The highest BCUT2D eigenvalue weighted by Gasteiger charge is 2.18. The molecule has 0 aliphatic carbocycles. The number of methoxy groups -OCH3 is 1. The number of carbonyl (C=O) groups excluding carboxylic acids is 2. The molecule has 5 nitrogen and oxygen atoms in total. The normalized spacial score (nSPS) is 12.0. The summed E-state index contributed by atoms with van der Waals surface area (Å²) in [5.41, 5.74) is 1.41. The Hall–Kier alpha value is -1.40. The van der Waals surface area contributed by atoms with Crippen molar-refractivity contribution >= 4 is 28.9 Å². The number of rotatable bonds is 6. The molecule has 0 radical (unpaired) electrons. The van der Waals surface area contributed by atoms with Crippen LogP contribution in [-0.2, 0) is 9.53 Å². The summed E-state index contributed by atoms with van der Waals surface area (Å²) in [6.45, 7) is 6.14. The third-order valence-electron chi connectivity index (χ3n) is 2.83. The first-order chi connectivity index (χ1) is 8.99. The van der Waals surface area contributed by atoms with E-state index in [1.54, 1.807) is 0 Å². The van der Waals surface area contributed by atoms with Gasteiger partial charge < -0.3 is 15.4 Å². The summed E-state index contributed by atoms with van der Waals surface area (Å²) in [5, 5.41) is 7.69. The van der Waals surface area contributed by atoms with Crippen molar-refractivity contribution in [2.45, 2.75) is 33.2 Å². The molecule has 0 bridgehead atoms. The first-order valence-electron chi connectivity index (χ1n) is 6.19. The van der Waals surface area contributed by atoms with Crippen LogP contribution in [0.1, 0.15) is 35.5 Å². The number of amides is 1. The van der Waals surface area contributed by atoms with Crippen LogP contribution in [0, 0.1) is 6.92 Å². The van der Waals surface area contributed by atoms with Crippen LogP contribution in [0.25, 0.3) is 0 Å². The monoisotopic (exact) mass is 284 g/mol. The van der Waals surface area contributed by atoms with Crippen LogP contribution >= 0.6 is 11.3 Å². The zero-order valence-electron chi connectivity index (χ0n) is 11.7. The van der Waals surface area contributed by atoms with E-state index >= 15 is 0 Å². The molecule has 0 aliphatic heterocycles. The number of aryl methyl sites for hydroxylation is 1. The van der Waals surface area contributed by atoms with Crippen molar-refractivity contribution in [2.24, 2.45) is 0 Å². The van der Waals surface area contributed by atoms with Crippen molar-refractivity contribution in [3.05, 3.63) is 15.8 Å². The van der Waals surface area contributed by atoms with Crippen LogP contribution in [0.5, 0.6) is 0 Å². The van der Waals surface area contributed by atoms with Crippen LogP contribution in [-0.4, -0.2) is 31.6 Å². The van der Waals surface area contributed by atoms with E-state index in [0.717, 1.165) is 12.0 Å². The van der Waals surface area contributed by atoms with E-state index in [1.807, 2.05) is 26.2 Å². The molecule has 0 spiro atoms. The lowest BCUT2D eigenvalue weighted by atomic mass is 10.2. The van der Waals surface area contributed by atoms with Gasteiger partial charge in [0.05, 0.1) is 19.3 Å². The Bertz CT molecular complexity index is 457. The number of esters is 1. The summed E-state index contributed by atoms with van der Waals surface area (Å²) in [6.07, 6.45) is 0.957. The lowest BCUT2D eigenvalue weighted by Crippen LogP contribution is -2.34. The lowest BCUT2D eigenvalue weighted by Gasteiger charge is -2.12. The fourth-order valence-corrected chi connectivity index (χ4v) is 2.36. The van der Waals surface area contributed by atoms with Gasteiger partial charge in [0.25, 0.3) is 0 Å². The number of carbonyl (C=O) groups is 2. The van der Waals surface area contributed by atoms with Gasteiger partial charge in [-0.2, -0.15) is 0 Å². The molecule has 19 heavy (non-hydrogen) atoms. The Morgan fingerprint density at radius 2 is 2.16 bits per heavy atom. The predicted molar refractivity (Wildman–Crippen MR) is 76.8 cm³/mol. The number of thiophene rings is 1. The molecule has 1 unspecified atom stereocenters. The number of nitrogens with one attached hydrogen (secondary N) is 2. The maximum Gasteiger partial charge on any atom is 0.350 e. The molecule has 1 aromatic heterocycles. The van der Waals surface area contributed by atoms with Gasteiger partial charge in [-0.15, -0.1) is 11.3 Å². The molecule has 1 aromatic rings. The molecule has 106 valence electrons.